The lowest BCUT2D eigenvalue weighted by atomic mass is 10.2. The van der Waals surface area contributed by atoms with E-state index in [0.717, 1.165) is 19.3 Å². The highest BCUT2D eigenvalue weighted by Gasteiger charge is 2.17. The molecule has 0 bridgehead atoms. The van der Waals surface area contributed by atoms with Gasteiger partial charge in [-0.15, -0.1) is 0 Å². The minimum absolute atomic E-state index is 0.101. The number of nitrogens with one attached hydrogen (secondary N) is 1. The molecule has 0 radical (unpaired) electrons. The van der Waals surface area contributed by atoms with Crippen molar-refractivity contribution in [3.05, 3.63) is 0 Å². The first-order valence-corrected chi connectivity index (χ1v) is 5.58. The number of rotatable bonds is 8. The lowest BCUT2D eigenvalue weighted by Crippen LogP contribution is -2.42. The minimum atomic E-state index is -1.06. The first kappa shape index (κ1) is 14.2. The molecule has 0 aliphatic carbocycles. The summed E-state index contributed by atoms with van der Waals surface area (Å²) in [4.78, 5) is 21.8. The van der Waals surface area contributed by atoms with Crippen LogP contribution in [0.15, 0.2) is 0 Å². The zero-order valence-electron chi connectivity index (χ0n) is 8.61. The molecule has 0 aliphatic heterocycles. The van der Waals surface area contributed by atoms with Crippen molar-refractivity contribution in [2.24, 2.45) is 5.73 Å². The summed E-state index contributed by atoms with van der Waals surface area (Å²) in [6.07, 6.45) is 2.87. The predicted molar refractivity (Wildman–Crippen MR) is 60.9 cm³/mol. The quantitative estimate of drug-likeness (QED) is 0.351. The van der Waals surface area contributed by atoms with Gasteiger partial charge >= 0.3 is 5.97 Å². The Morgan fingerprint density at radius 3 is 2.47 bits per heavy atom. The van der Waals surface area contributed by atoms with Crippen LogP contribution in [0.5, 0.6) is 0 Å². The Labute approximate surface area is 94.8 Å². The topological polar surface area (TPSA) is 92.4 Å². The second-order valence-electron chi connectivity index (χ2n) is 3.24. The summed E-state index contributed by atoms with van der Waals surface area (Å²) in [5, 5.41) is 11.0. The van der Waals surface area contributed by atoms with E-state index in [4.69, 9.17) is 10.8 Å². The van der Waals surface area contributed by atoms with Crippen molar-refractivity contribution in [2.75, 3.05) is 12.3 Å². The van der Waals surface area contributed by atoms with Crippen LogP contribution >= 0.6 is 12.6 Å². The molecular formula is C9H18N2O3S. The maximum Gasteiger partial charge on any atom is 0.327 e. The monoisotopic (exact) mass is 234 g/mol. The Hall–Kier alpha value is -0.750. The summed E-state index contributed by atoms with van der Waals surface area (Å²) in [6, 6.07) is -0.893. The molecule has 0 aromatic heterocycles. The molecule has 0 saturated heterocycles. The fourth-order valence-electron chi connectivity index (χ4n) is 1.06. The average molecular weight is 234 g/mol. The Kier molecular flexibility index (Phi) is 8.12. The molecule has 4 N–H and O–H groups in total. The summed E-state index contributed by atoms with van der Waals surface area (Å²) < 4.78 is 0. The van der Waals surface area contributed by atoms with Gasteiger partial charge in [-0.3, -0.25) is 4.79 Å². The molecule has 88 valence electrons. The van der Waals surface area contributed by atoms with Gasteiger partial charge in [0.05, 0.1) is 0 Å². The molecule has 0 fully saturated rings. The second kappa shape index (κ2) is 8.55. The Morgan fingerprint density at radius 1 is 1.33 bits per heavy atom. The molecule has 0 saturated carbocycles. The van der Waals surface area contributed by atoms with Crippen molar-refractivity contribution < 1.29 is 14.7 Å². The van der Waals surface area contributed by atoms with E-state index in [1.807, 2.05) is 0 Å². The second-order valence-corrected chi connectivity index (χ2v) is 3.61. The van der Waals surface area contributed by atoms with Crippen molar-refractivity contribution in [3.8, 4) is 0 Å². The Bertz CT molecular complexity index is 212. The molecule has 0 spiro atoms. The molecule has 0 heterocycles. The van der Waals surface area contributed by atoms with E-state index in [9.17, 15) is 9.59 Å². The SMILES string of the molecule is NCCCCCC(=O)NC(CS)C(=O)O. The molecule has 15 heavy (non-hydrogen) atoms. The van der Waals surface area contributed by atoms with Gasteiger partial charge < -0.3 is 16.2 Å². The van der Waals surface area contributed by atoms with E-state index in [2.05, 4.69) is 17.9 Å². The molecule has 0 aromatic rings. The molecule has 5 nitrogen and oxygen atoms in total. The summed E-state index contributed by atoms with van der Waals surface area (Å²) >= 11 is 3.84. The third-order valence-electron chi connectivity index (χ3n) is 1.92. The molecule has 1 amide bonds. The molecule has 0 aromatic carbocycles. The van der Waals surface area contributed by atoms with Crippen LogP contribution in [0.25, 0.3) is 0 Å². The predicted octanol–water partition coefficient (Wildman–Crippen LogP) is 0.00470. The number of thiol groups is 1. The molecule has 6 heteroatoms. The van der Waals surface area contributed by atoms with Crippen LogP contribution in [0, 0.1) is 0 Å². The van der Waals surface area contributed by atoms with Gasteiger partial charge in [-0.05, 0) is 19.4 Å². The number of carboxylic acid groups (broad SMARTS) is 1. The summed E-state index contributed by atoms with van der Waals surface area (Å²) in [5.41, 5.74) is 5.30. The largest absolute Gasteiger partial charge is 0.480 e. The van der Waals surface area contributed by atoms with E-state index in [1.165, 1.54) is 0 Å². The summed E-state index contributed by atoms with van der Waals surface area (Å²) in [7, 11) is 0. The van der Waals surface area contributed by atoms with Crippen LogP contribution in [-0.2, 0) is 9.59 Å². The molecule has 1 unspecified atom stereocenters. The van der Waals surface area contributed by atoms with Crippen LogP contribution in [0.3, 0.4) is 0 Å². The van der Waals surface area contributed by atoms with Gasteiger partial charge in [-0.1, -0.05) is 6.42 Å². The highest BCUT2D eigenvalue weighted by atomic mass is 32.1. The smallest absolute Gasteiger partial charge is 0.327 e. The van der Waals surface area contributed by atoms with Gasteiger partial charge in [-0.2, -0.15) is 12.6 Å². The van der Waals surface area contributed by atoms with Gasteiger partial charge in [0.1, 0.15) is 6.04 Å². The van der Waals surface area contributed by atoms with Gasteiger partial charge in [0.25, 0.3) is 0 Å². The third kappa shape index (κ3) is 7.21. The number of hydrogen-bond acceptors (Lipinski definition) is 4. The number of carbonyl (C=O) groups excluding carboxylic acids is 1. The zero-order chi connectivity index (χ0) is 11.7. The van der Waals surface area contributed by atoms with Crippen molar-refractivity contribution >= 4 is 24.5 Å². The van der Waals surface area contributed by atoms with Gasteiger partial charge in [0.15, 0.2) is 0 Å². The van der Waals surface area contributed by atoms with Crippen molar-refractivity contribution in [1.29, 1.82) is 0 Å². The fraction of sp³-hybridized carbons (Fsp3) is 0.778. The van der Waals surface area contributed by atoms with Crippen LogP contribution < -0.4 is 11.1 Å². The van der Waals surface area contributed by atoms with Crippen LogP contribution in [0.2, 0.25) is 0 Å². The van der Waals surface area contributed by atoms with Gasteiger partial charge in [-0.25, -0.2) is 4.79 Å². The standard InChI is InChI=1S/C9H18N2O3S/c10-5-3-1-2-4-8(12)11-7(6-15)9(13)14/h7,15H,1-6,10H2,(H,11,12)(H,13,14). The fourth-order valence-corrected chi connectivity index (χ4v) is 1.31. The highest BCUT2D eigenvalue weighted by Crippen LogP contribution is 1.99. The van der Waals surface area contributed by atoms with Crippen molar-refractivity contribution in [3.63, 3.8) is 0 Å². The zero-order valence-corrected chi connectivity index (χ0v) is 9.50. The number of nitrogens with two attached hydrogens (primary N) is 1. The third-order valence-corrected chi connectivity index (χ3v) is 2.29. The number of hydrogen-bond donors (Lipinski definition) is 4. The lowest BCUT2D eigenvalue weighted by molar-refractivity contribution is -0.141. The number of carbonyl (C=O) groups is 2. The first-order valence-electron chi connectivity index (χ1n) is 4.95. The number of aliphatic carboxylic acids is 1. The summed E-state index contributed by atoms with van der Waals surface area (Å²) in [6.45, 7) is 0.621. The maximum absolute atomic E-state index is 11.2. The Morgan fingerprint density at radius 2 is 2.00 bits per heavy atom. The van der Waals surface area contributed by atoms with Gasteiger partial charge in [0.2, 0.25) is 5.91 Å². The highest BCUT2D eigenvalue weighted by molar-refractivity contribution is 7.80. The van der Waals surface area contributed by atoms with E-state index < -0.39 is 12.0 Å². The first-order chi connectivity index (χ1) is 7.11. The van der Waals surface area contributed by atoms with E-state index in [0.29, 0.717) is 13.0 Å². The summed E-state index contributed by atoms with van der Waals surface area (Å²) in [5.74, 6) is -1.20. The Balaban J connectivity index is 3.67. The molecule has 1 atom stereocenters. The van der Waals surface area contributed by atoms with E-state index in [-0.39, 0.29) is 11.7 Å². The number of carboxylic acids is 1. The minimum Gasteiger partial charge on any atom is -0.480 e. The number of amides is 1. The van der Waals surface area contributed by atoms with Crippen LogP contribution in [0.4, 0.5) is 0 Å². The number of unbranched alkanes of at least 4 members (excludes halogenated alkanes) is 2. The average Bonchev–Trinajstić information content (AvgIpc) is 2.20. The van der Waals surface area contributed by atoms with Gasteiger partial charge in [0, 0.05) is 12.2 Å². The maximum atomic E-state index is 11.2. The van der Waals surface area contributed by atoms with Crippen LogP contribution in [0.1, 0.15) is 25.7 Å². The van der Waals surface area contributed by atoms with E-state index in [1.54, 1.807) is 0 Å². The van der Waals surface area contributed by atoms with Crippen molar-refractivity contribution in [1.82, 2.24) is 5.32 Å². The lowest BCUT2D eigenvalue weighted by Gasteiger charge is -2.11. The van der Waals surface area contributed by atoms with E-state index >= 15 is 0 Å². The molecule has 0 aliphatic rings. The van der Waals surface area contributed by atoms with Crippen LogP contribution in [-0.4, -0.2) is 35.3 Å². The molecular weight excluding hydrogens is 216 g/mol. The van der Waals surface area contributed by atoms with Crippen molar-refractivity contribution in [2.45, 2.75) is 31.7 Å². The molecule has 0 rings (SSSR count). The normalized spacial score (nSPS) is 12.1.